The SMILES string of the molecule is O=C(O)c1c(F)cc2c(c1F)CCCC(c1ccc(Cl)cc1Cl)=C2c1ccc(CC2CN(CCCF)C2)cc1. The van der Waals surface area contributed by atoms with E-state index in [9.17, 15) is 14.3 Å². The molecule has 3 aromatic rings. The summed E-state index contributed by atoms with van der Waals surface area (Å²) in [6, 6.07) is 14.3. The van der Waals surface area contributed by atoms with Crippen molar-refractivity contribution in [1.29, 1.82) is 0 Å². The summed E-state index contributed by atoms with van der Waals surface area (Å²) < 4.78 is 42.9. The predicted octanol–water partition coefficient (Wildman–Crippen LogP) is 8.10. The molecule has 0 unspecified atom stereocenters. The van der Waals surface area contributed by atoms with Crippen molar-refractivity contribution in [2.45, 2.75) is 32.1 Å². The van der Waals surface area contributed by atoms with Crippen LogP contribution < -0.4 is 0 Å². The molecule has 5 rings (SSSR count). The molecule has 1 N–H and O–H groups in total. The average molecular weight is 574 g/mol. The molecule has 3 nitrogen and oxygen atoms in total. The summed E-state index contributed by atoms with van der Waals surface area (Å²) in [6.07, 6.45) is 2.79. The molecule has 8 heteroatoms. The van der Waals surface area contributed by atoms with E-state index in [1.54, 1.807) is 12.1 Å². The van der Waals surface area contributed by atoms with Crippen molar-refractivity contribution in [3.8, 4) is 0 Å². The van der Waals surface area contributed by atoms with Crippen LogP contribution in [0.2, 0.25) is 10.0 Å². The number of halogens is 5. The van der Waals surface area contributed by atoms with Gasteiger partial charge >= 0.3 is 5.97 Å². The van der Waals surface area contributed by atoms with Crippen LogP contribution in [-0.2, 0) is 12.8 Å². The van der Waals surface area contributed by atoms with Gasteiger partial charge in [0.05, 0.1) is 6.67 Å². The second-order valence-electron chi connectivity index (χ2n) is 10.3. The molecule has 1 fully saturated rings. The van der Waals surface area contributed by atoms with Gasteiger partial charge in [-0.3, -0.25) is 4.39 Å². The van der Waals surface area contributed by atoms with Gasteiger partial charge in [0.2, 0.25) is 0 Å². The van der Waals surface area contributed by atoms with Gasteiger partial charge in [0.15, 0.2) is 0 Å². The van der Waals surface area contributed by atoms with Crippen molar-refractivity contribution >= 4 is 40.3 Å². The fourth-order valence-electron chi connectivity index (χ4n) is 5.80. The molecule has 2 aliphatic rings. The monoisotopic (exact) mass is 573 g/mol. The average Bonchev–Trinajstić information content (AvgIpc) is 3.05. The van der Waals surface area contributed by atoms with Crippen LogP contribution in [-0.4, -0.2) is 42.3 Å². The van der Waals surface area contributed by atoms with Crippen LogP contribution in [0, 0.1) is 17.6 Å². The Morgan fingerprint density at radius 1 is 1.00 bits per heavy atom. The minimum atomic E-state index is -1.63. The number of rotatable bonds is 8. The van der Waals surface area contributed by atoms with Crippen LogP contribution in [0.25, 0.3) is 11.1 Å². The number of carboxylic acids is 1. The van der Waals surface area contributed by atoms with Gasteiger partial charge in [-0.2, -0.15) is 0 Å². The van der Waals surface area contributed by atoms with Crippen LogP contribution in [0.5, 0.6) is 0 Å². The molecular weight excluding hydrogens is 546 g/mol. The number of carbonyl (C=O) groups is 1. The summed E-state index contributed by atoms with van der Waals surface area (Å²) in [5.74, 6) is -3.27. The normalized spacial score (nSPS) is 16.1. The van der Waals surface area contributed by atoms with E-state index in [1.165, 1.54) is 0 Å². The van der Waals surface area contributed by atoms with Gasteiger partial charge in [-0.25, -0.2) is 13.6 Å². The number of nitrogens with zero attached hydrogens (tertiary/aromatic N) is 1. The van der Waals surface area contributed by atoms with Gasteiger partial charge in [0.25, 0.3) is 0 Å². The molecule has 0 bridgehead atoms. The number of hydrogen-bond acceptors (Lipinski definition) is 2. The summed E-state index contributed by atoms with van der Waals surface area (Å²) in [5.41, 5.74) is 3.69. The molecule has 1 saturated heterocycles. The maximum atomic E-state index is 15.4. The summed E-state index contributed by atoms with van der Waals surface area (Å²) >= 11 is 12.8. The van der Waals surface area contributed by atoms with Crippen molar-refractivity contribution in [3.05, 3.63) is 104 Å². The summed E-state index contributed by atoms with van der Waals surface area (Å²) in [4.78, 5) is 13.9. The fraction of sp³-hybridized carbons (Fsp3) is 0.323. The van der Waals surface area contributed by atoms with Crippen LogP contribution in [0.1, 0.15) is 57.4 Å². The summed E-state index contributed by atoms with van der Waals surface area (Å²) in [5, 5.41) is 10.3. The Morgan fingerprint density at radius 2 is 1.74 bits per heavy atom. The van der Waals surface area contributed by atoms with Gasteiger partial charge in [-0.1, -0.05) is 53.5 Å². The first kappa shape index (κ1) is 27.8. The third-order valence-corrected chi connectivity index (χ3v) is 8.17. The van der Waals surface area contributed by atoms with Crippen molar-refractivity contribution < 1.29 is 23.1 Å². The molecule has 204 valence electrons. The van der Waals surface area contributed by atoms with Crippen molar-refractivity contribution in [1.82, 2.24) is 4.90 Å². The Kier molecular flexibility index (Phi) is 8.36. The quantitative estimate of drug-likeness (QED) is 0.296. The fourth-order valence-corrected chi connectivity index (χ4v) is 6.32. The van der Waals surface area contributed by atoms with Crippen molar-refractivity contribution in [2.24, 2.45) is 5.92 Å². The molecular formula is C31H28Cl2F3NO2. The lowest BCUT2D eigenvalue weighted by molar-refractivity contribution is 0.0686. The van der Waals surface area contributed by atoms with Crippen molar-refractivity contribution in [3.63, 3.8) is 0 Å². The second kappa shape index (κ2) is 11.7. The lowest BCUT2D eigenvalue weighted by atomic mass is 9.85. The van der Waals surface area contributed by atoms with E-state index in [4.69, 9.17) is 23.2 Å². The van der Waals surface area contributed by atoms with E-state index in [0.29, 0.717) is 46.4 Å². The number of likely N-dealkylation sites (tertiary alicyclic amines) is 1. The Bertz CT molecular complexity index is 1430. The van der Waals surface area contributed by atoms with E-state index in [1.807, 2.05) is 30.3 Å². The molecule has 0 spiro atoms. The molecule has 0 atom stereocenters. The second-order valence-corrected chi connectivity index (χ2v) is 11.1. The smallest absolute Gasteiger partial charge is 0.341 e. The highest BCUT2D eigenvalue weighted by atomic mass is 35.5. The van der Waals surface area contributed by atoms with E-state index >= 15 is 8.78 Å². The number of carboxylic acid groups (broad SMARTS) is 1. The highest BCUT2D eigenvalue weighted by molar-refractivity contribution is 6.36. The highest BCUT2D eigenvalue weighted by Crippen LogP contribution is 2.43. The Balaban J connectivity index is 1.57. The van der Waals surface area contributed by atoms with Crippen LogP contribution in [0.3, 0.4) is 0 Å². The third-order valence-electron chi connectivity index (χ3n) is 7.62. The number of alkyl halides is 1. The van der Waals surface area contributed by atoms with Crippen LogP contribution >= 0.6 is 23.2 Å². The number of fused-ring (bicyclic) bond motifs is 1. The van der Waals surface area contributed by atoms with Gasteiger partial charge in [0.1, 0.15) is 17.2 Å². The van der Waals surface area contributed by atoms with E-state index < -0.39 is 23.2 Å². The van der Waals surface area contributed by atoms with Crippen LogP contribution in [0.15, 0.2) is 48.5 Å². The maximum absolute atomic E-state index is 15.4. The molecule has 1 aliphatic heterocycles. The summed E-state index contributed by atoms with van der Waals surface area (Å²) in [7, 11) is 0. The molecule has 0 saturated carbocycles. The molecule has 0 aromatic heterocycles. The number of aromatic carboxylic acids is 1. The third kappa shape index (κ3) is 5.74. The summed E-state index contributed by atoms with van der Waals surface area (Å²) in [6.45, 7) is 2.39. The first-order valence-corrected chi connectivity index (χ1v) is 13.8. The number of allylic oxidation sites excluding steroid dienone is 1. The van der Waals surface area contributed by atoms with Gasteiger partial charge < -0.3 is 10.0 Å². The minimum absolute atomic E-state index is 0.191. The lowest BCUT2D eigenvalue weighted by Crippen LogP contribution is -2.47. The number of hydrogen-bond donors (Lipinski definition) is 1. The Hall–Kier alpha value is -2.80. The molecule has 3 aromatic carbocycles. The lowest BCUT2D eigenvalue weighted by Gasteiger charge is -2.39. The van der Waals surface area contributed by atoms with Crippen molar-refractivity contribution in [2.75, 3.05) is 26.3 Å². The first-order valence-electron chi connectivity index (χ1n) is 13.1. The minimum Gasteiger partial charge on any atom is -0.477 e. The first-order chi connectivity index (χ1) is 18.8. The number of benzene rings is 3. The molecule has 0 amide bonds. The zero-order valence-electron chi connectivity index (χ0n) is 21.3. The topological polar surface area (TPSA) is 40.5 Å². The molecule has 39 heavy (non-hydrogen) atoms. The van der Waals surface area contributed by atoms with E-state index in [0.717, 1.165) is 54.4 Å². The van der Waals surface area contributed by atoms with Gasteiger partial charge in [0, 0.05) is 29.7 Å². The highest BCUT2D eigenvalue weighted by Gasteiger charge is 2.29. The largest absolute Gasteiger partial charge is 0.477 e. The molecule has 0 radical (unpaired) electrons. The van der Waals surface area contributed by atoms with Gasteiger partial charge in [-0.05, 0) is 95.2 Å². The molecule has 1 heterocycles. The van der Waals surface area contributed by atoms with Crippen LogP contribution in [0.4, 0.5) is 13.2 Å². The Labute approximate surface area is 235 Å². The standard InChI is InChI=1S/C31H28Cl2F3NO2/c32-21-9-10-22(26(33)14-21)23-3-1-4-24-25(15-27(35)29(30(24)36)31(38)39)28(23)20-7-5-18(6-8-20)13-19-16-37(17-19)12-2-11-34/h5-10,14-15,19H,1-4,11-13,16-17H2,(H,38,39). The van der Waals surface area contributed by atoms with E-state index in [-0.39, 0.29) is 18.7 Å². The van der Waals surface area contributed by atoms with Gasteiger partial charge in [-0.15, -0.1) is 0 Å². The maximum Gasteiger partial charge on any atom is 0.341 e. The van der Waals surface area contributed by atoms with E-state index in [2.05, 4.69) is 4.90 Å². The zero-order chi connectivity index (χ0) is 27.7. The Morgan fingerprint density at radius 3 is 2.41 bits per heavy atom. The zero-order valence-corrected chi connectivity index (χ0v) is 22.8. The molecule has 1 aliphatic carbocycles. The predicted molar refractivity (Wildman–Crippen MR) is 149 cm³/mol.